The van der Waals surface area contributed by atoms with Crippen LogP contribution in [0.4, 0.5) is 4.79 Å². The normalized spacial score (nSPS) is 10.4. The maximum Gasteiger partial charge on any atom is 0.317 e. The van der Waals surface area contributed by atoms with Gasteiger partial charge in [-0.1, -0.05) is 13.8 Å². The maximum atomic E-state index is 11.5. The number of amides is 2. The summed E-state index contributed by atoms with van der Waals surface area (Å²) in [5, 5.41) is 11.3. The molecular formula is C12H24N2O3. The van der Waals surface area contributed by atoms with E-state index in [-0.39, 0.29) is 12.5 Å². The minimum Gasteiger partial charge on any atom is -0.481 e. The van der Waals surface area contributed by atoms with Crippen LogP contribution in [0, 0.1) is 5.92 Å². The van der Waals surface area contributed by atoms with E-state index in [0.717, 1.165) is 12.8 Å². The fourth-order valence-corrected chi connectivity index (χ4v) is 1.41. The number of nitrogens with one attached hydrogen (secondary N) is 1. The molecule has 0 aliphatic rings. The predicted octanol–water partition coefficient (Wildman–Crippen LogP) is 1.93. The van der Waals surface area contributed by atoms with Crippen LogP contribution in [0.2, 0.25) is 0 Å². The van der Waals surface area contributed by atoms with Gasteiger partial charge in [-0.3, -0.25) is 4.79 Å². The lowest BCUT2D eigenvalue weighted by Gasteiger charge is -2.17. The highest BCUT2D eigenvalue weighted by Crippen LogP contribution is 2.02. The zero-order chi connectivity index (χ0) is 13.3. The summed E-state index contributed by atoms with van der Waals surface area (Å²) in [6.07, 6.45) is 2.67. The third-order valence-corrected chi connectivity index (χ3v) is 2.47. The second-order valence-corrected chi connectivity index (χ2v) is 4.69. The number of urea groups is 1. The Morgan fingerprint density at radius 2 is 1.94 bits per heavy atom. The van der Waals surface area contributed by atoms with Crippen LogP contribution in [-0.2, 0) is 4.79 Å². The Kier molecular flexibility index (Phi) is 8.19. The van der Waals surface area contributed by atoms with Crippen molar-refractivity contribution in [2.45, 2.75) is 39.5 Å². The average Bonchev–Trinajstić information content (AvgIpc) is 2.23. The van der Waals surface area contributed by atoms with Crippen molar-refractivity contribution in [1.82, 2.24) is 10.2 Å². The molecule has 5 heteroatoms. The van der Waals surface area contributed by atoms with Gasteiger partial charge >= 0.3 is 12.0 Å². The van der Waals surface area contributed by atoms with Crippen molar-refractivity contribution >= 4 is 12.0 Å². The van der Waals surface area contributed by atoms with Gasteiger partial charge in [0.25, 0.3) is 0 Å². The number of hydrogen-bond donors (Lipinski definition) is 2. The van der Waals surface area contributed by atoms with E-state index >= 15 is 0 Å². The zero-order valence-corrected chi connectivity index (χ0v) is 11.0. The SMILES string of the molecule is CC(C)CCCNC(=O)N(C)CCCC(=O)O. The number of carbonyl (C=O) groups is 2. The van der Waals surface area contributed by atoms with E-state index in [4.69, 9.17) is 5.11 Å². The Hall–Kier alpha value is -1.26. The van der Waals surface area contributed by atoms with Gasteiger partial charge in [-0.25, -0.2) is 4.79 Å². The maximum absolute atomic E-state index is 11.5. The molecule has 2 amide bonds. The molecule has 2 N–H and O–H groups in total. The van der Waals surface area contributed by atoms with E-state index in [1.54, 1.807) is 7.05 Å². The monoisotopic (exact) mass is 244 g/mol. The van der Waals surface area contributed by atoms with Crippen LogP contribution in [0.5, 0.6) is 0 Å². The lowest BCUT2D eigenvalue weighted by Crippen LogP contribution is -2.38. The van der Waals surface area contributed by atoms with Gasteiger partial charge in [-0.15, -0.1) is 0 Å². The molecule has 0 radical (unpaired) electrons. The molecule has 0 spiro atoms. The van der Waals surface area contributed by atoms with Crippen LogP contribution >= 0.6 is 0 Å². The second kappa shape index (κ2) is 8.84. The number of nitrogens with zero attached hydrogens (tertiary/aromatic N) is 1. The van der Waals surface area contributed by atoms with Crippen molar-refractivity contribution in [2.75, 3.05) is 20.1 Å². The van der Waals surface area contributed by atoms with Gasteiger partial charge in [0.15, 0.2) is 0 Å². The number of carboxylic acids is 1. The molecule has 0 aromatic heterocycles. The molecule has 100 valence electrons. The summed E-state index contributed by atoms with van der Waals surface area (Å²) >= 11 is 0. The van der Waals surface area contributed by atoms with Gasteiger partial charge in [-0.05, 0) is 25.2 Å². The van der Waals surface area contributed by atoms with Gasteiger partial charge in [0.1, 0.15) is 0 Å². The van der Waals surface area contributed by atoms with E-state index in [1.807, 2.05) is 0 Å². The largest absolute Gasteiger partial charge is 0.481 e. The number of rotatable bonds is 8. The Balaban J connectivity index is 3.57. The topological polar surface area (TPSA) is 69.6 Å². The number of carboxylic acid groups (broad SMARTS) is 1. The molecule has 5 nitrogen and oxygen atoms in total. The smallest absolute Gasteiger partial charge is 0.317 e. The van der Waals surface area contributed by atoms with Gasteiger partial charge in [0, 0.05) is 26.6 Å². The highest BCUT2D eigenvalue weighted by atomic mass is 16.4. The van der Waals surface area contributed by atoms with Crippen LogP contribution in [0.15, 0.2) is 0 Å². The van der Waals surface area contributed by atoms with E-state index in [0.29, 0.717) is 25.4 Å². The summed E-state index contributed by atoms with van der Waals surface area (Å²) in [6, 6.07) is -0.126. The number of aliphatic carboxylic acids is 1. The molecule has 0 heterocycles. The quantitative estimate of drug-likeness (QED) is 0.641. The Labute approximate surface area is 103 Å². The molecule has 17 heavy (non-hydrogen) atoms. The first-order valence-corrected chi connectivity index (χ1v) is 6.14. The summed E-state index contributed by atoms with van der Waals surface area (Å²) in [5.41, 5.74) is 0. The minimum absolute atomic E-state index is 0.102. The predicted molar refractivity (Wildman–Crippen MR) is 67.0 cm³/mol. The molecule has 0 aliphatic carbocycles. The Morgan fingerprint density at radius 1 is 1.29 bits per heavy atom. The highest BCUT2D eigenvalue weighted by Gasteiger charge is 2.08. The van der Waals surface area contributed by atoms with Crippen LogP contribution < -0.4 is 5.32 Å². The molecule has 0 rings (SSSR count). The summed E-state index contributed by atoms with van der Waals surface area (Å²) in [6.45, 7) is 5.46. The molecule has 0 fully saturated rings. The van der Waals surface area contributed by atoms with E-state index in [9.17, 15) is 9.59 Å². The van der Waals surface area contributed by atoms with Gasteiger partial charge in [-0.2, -0.15) is 0 Å². The summed E-state index contributed by atoms with van der Waals surface area (Å²) in [4.78, 5) is 23.4. The van der Waals surface area contributed by atoms with Crippen molar-refractivity contribution in [1.29, 1.82) is 0 Å². The van der Waals surface area contributed by atoms with Crippen molar-refractivity contribution in [3.05, 3.63) is 0 Å². The summed E-state index contributed by atoms with van der Waals surface area (Å²) < 4.78 is 0. The zero-order valence-electron chi connectivity index (χ0n) is 11.0. The molecule has 0 aromatic carbocycles. The molecule has 0 atom stereocenters. The van der Waals surface area contributed by atoms with Gasteiger partial charge < -0.3 is 15.3 Å². The number of hydrogen-bond acceptors (Lipinski definition) is 2. The average molecular weight is 244 g/mol. The lowest BCUT2D eigenvalue weighted by atomic mass is 10.1. The van der Waals surface area contributed by atoms with Gasteiger partial charge in [0.05, 0.1) is 0 Å². The van der Waals surface area contributed by atoms with Crippen molar-refractivity contribution in [3.63, 3.8) is 0 Å². The highest BCUT2D eigenvalue weighted by molar-refractivity contribution is 5.73. The van der Waals surface area contributed by atoms with Crippen LogP contribution in [0.3, 0.4) is 0 Å². The van der Waals surface area contributed by atoms with E-state index in [1.165, 1.54) is 4.90 Å². The van der Waals surface area contributed by atoms with Crippen molar-refractivity contribution < 1.29 is 14.7 Å². The van der Waals surface area contributed by atoms with Crippen LogP contribution in [0.1, 0.15) is 39.5 Å². The number of carbonyl (C=O) groups excluding carboxylic acids is 1. The standard InChI is InChI=1S/C12H24N2O3/c1-10(2)6-4-8-13-12(17)14(3)9-5-7-11(15)16/h10H,4-9H2,1-3H3,(H,13,17)(H,15,16). The lowest BCUT2D eigenvalue weighted by molar-refractivity contribution is -0.137. The minimum atomic E-state index is -0.823. The fraction of sp³-hybridized carbons (Fsp3) is 0.833. The Morgan fingerprint density at radius 3 is 2.47 bits per heavy atom. The van der Waals surface area contributed by atoms with E-state index in [2.05, 4.69) is 19.2 Å². The molecule has 0 aliphatic heterocycles. The molecule has 0 unspecified atom stereocenters. The molecule has 0 saturated heterocycles. The summed E-state index contributed by atoms with van der Waals surface area (Å²) in [7, 11) is 1.68. The first-order valence-electron chi connectivity index (χ1n) is 6.14. The van der Waals surface area contributed by atoms with Crippen LogP contribution in [-0.4, -0.2) is 42.1 Å². The van der Waals surface area contributed by atoms with Crippen molar-refractivity contribution in [3.8, 4) is 0 Å². The molecule has 0 aromatic rings. The van der Waals surface area contributed by atoms with Crippen molar-refractivity contribution in [2.24, 2.45) is 5.92 Å². The third kappa shape index (κ3) is 9.66. The van der Waals surface area contributed by atoms with E-state index < -0.39 is 5.97 Å². The fourth-order valence-electron chi connectivity index (χ4n) is 1.41. The third-order valence-electron chi connectivity index (χ3n) is 2.47. The second-order valence-electron chi connectivity index (χ2n) is 4.69. The molecule has 0 saturated carbocycles. The Bertz CT molecular complexity index is 242. The first-order chi connectivity index (χ1) is 7.93. The first kappa shape index (κ1) is 15.7. The molecular weight excluding hydrogens is 220 g/mol. The van der Waals surface area contributed by atoms with Crippen LogP contribution in [0.25, 0.3) is 0 Å². The summed E-state index contributed by atoms with van der Waals surface area (Å²) in [5.74, 6) is -0.170. The molecule has 0 bridgehead atoms. The van der Waals surface area contributed by atoms with Gasteiger partial charge in [0.2, 0.25) is 0 Å².